The van der Waals surface area contributed by atoms with Crippen molar-refractivity contribution in [2.45, 2.75) is 24.7 Å². The van der Waals surface area contributed by atoms with Gasteiger partial charge in [0.1, 0.15) is 5.82 Å². The molecule has 0 aliphatic rings. The second kappa shape index (κ2) is 10.5. The normalized spacial score (nSPS) is 11.3. The largest absolute Gasteiger partial charge is 0.416 e. The van der Waals surface area contributed by atoms with Crippen molar-refractivity contribution in [2.24, 2.45) is 0 Å². The Morgan fingerprint density at radius 3 is 2.56 bits per heavy atom. The van der Waals surface area contributed by atoms with E-state index in [0.29, 0.717) is 5.82 Å². The van der Waals surface area contributed by atoms with E-state index in [1.807, 2.05) is 0 Å². The number of nitro benzene ring substituents is 1. The van der Waals surface area contributed by atoms with Crippen molar-refractivity contribution in [3.05, 3.63) is 75.6 Å². The van der Waals surface area contributed by atoms with Crippen molar-refractivity contribution < 1.29 is 27.7 Å². The maximum absolute atomic E-state index is 13.2. The monoisotopic (exact) mass is 493 g/mol. The van der Waals surface area contributed by atoms with Gasteiger partial charge < -0.3 is 5.32 Å². The minimum absolute atomic E-state index is 0.123. The predicted octanol–water partition coefficient (Wildman–Crippen LogP) is 3.85. The van der Waals surface area contributed by atoms with E-state index in [1.54, 1.807) is 0 Å². The molecule has 0 saturated heterocycles. The molecule has 1 N–H and O–H groups in total. The molecule has 0 spiro atoms. The number of nitrogens with one attached hydrogen (secondary N) is 1. The van der Waals surface area contributed by atoms with Crippen molar-refractivity contribution >= 4 is 29.1 Å². The number of benzene rings is 2. The third-order valence-corrected chi connectivity index (χ3v) is 5.49. The summed E-state index contributed by atoms with van der Waals surface area (Å²) in [5.41, 5.74) is -0.834. The summed E-state index contributed by atoms with van der Waals surface area (Å²) in [7, 11) is 0. The molecule has 0 saturated carbocycles. The Bertz CT molecular complexity index is 1230. The first kappa shape index (κ1) is 24.9. The Hall–Kier alpha value is -3.74. The lowest BCUT2D eigenvalue weighted by atomic mass is 10.1. The number of hydrogen-bond donors (Lipinski definition) is 1. The molecular formula is C21H18F3N5O4S. The quantitative estimate of drug-likeness (QED) is 0.208. The summed E-state index contributed by atoms with van der Waals surface area (Å²) < 4.78 is 41.1. The second-order valence-corrected chi connectivity index (χ2v) is 7.98. The number of carbonyl (C=O) groups excluding carboxylic acids is 2. The molecule has 2 aromatic carbocycles. The minimum atomic E-state index is -4.56. The molecule has 0 aliphatic heterocycles. The van der Waals surface area contributed by atoms with Gasteiger partial charge in [0, 0.05) is 43.3 Å². The van der Waals surface area contributed by atoms with Crippen LogP contribution in [-0.2, 0) is 17.4 Å². The summed E-state index contributed by atoms with van der Waals surface area (Å²) >= 11 is 0.934. The fraction of sp³-hybridized carbons (Fsp3) is 0.238. The average molecular weight is 493 g/mol. The summed E-state index contributed by atoms with van der Waals surface area (Å²) in [6.07, 6.45) is -4.38. The van der Waals surface area contributed by atoms with E-state index in [2.05, 4.69) is 15.5 Å². The van der Waals surface area contributed by atoms with E-state index >= 15 is 0 Å². The summed E-state index contributed by atoms with van der Waals surface area (Å²) in [5, 5.41) is 21.7. The molecule has 0 unspecified atom stereocenters. The Kier molecular flexibility index (Phi) is 7.66. The van der Waals surface area contributed by atoms with Gasteiger partial charge in [-0.3, -0.25) is 24.3 Å². The second-order valence-electron chi connectivity index (χ2n) is 7.03. The van der Waals surface area contributed by atoms with Gasteiger partial charge in [-0.15, -0.1) is 10.2 Å². The first-order chi connectivity index (χ1) is 16.1. The van der Waals surface area contributed by atoms with Crippen LogP contribution in [0.4, 0.5) is 18.9 Å². The number of alkyl halides is 3. The summed E-state index contributed by atoms with van der Waals surface area (Å²) in [4.78, 5) is 34.1. The molecule has 0 bridgehead atoms. The predicted molar refractivity (Wildman–Crippen MR) is 117 cm³/mol. The highest BCUT2D eigenvalue weighted by Gasteiger charge is 2.31. The van der Waals surface area contributed by atoms with Crippen LogP contribution in [0.15, 0.2) is 53.7 Å². The Morgan fingerprint density at radius 2 is 1.88 bits per heavy atom. The number of hydrogen-bond acceptors (Lipinski definition) is 7. The van der Waals surface area contributed by atoms with E-state index in [9.17, 15) is 32.9 Å². The number of nitrogens with zero attached hydrogens (tertiary/aromatic N) is 4. The summed E-state index contributed by atoms with van der Waals surface area (Å²) in [6, 6.07) is 9.81. The lowest BCUT2D eigenvalue weighted by Crippen LogP contribution is -2.23. The third-order valence-electron chi connectivity index (χ3n) is 4.57. The maximum atomic E-state index is 13.2. The van der Waals surface area contributed by atoms with E-state index in [0.717, 1.165) is 30.0 Å². The molecule has 9 nitrogen and oxygen atoms in total. The molecular weight excluding hydrogens is 475 g/mol. The van der Waals surface area contributed by atoms with Gasteiger partial charge in [0.15, 0.2) is 10.9 Å². The maximum Gasteiger partial charge on any atom is 0.416 e. The summed E-state index contributed by atoms with van der Waals surface area (Å²) in [6.45, 7) is 1.52. The van der Waals surface area contributed by atoms with Gasteiger partial charge in [-0.05, 0) is 18.2 Å². The first-order valence-corrected chi connectivity index (χ1v) is 10.8. The molecule has 1 aromatic heterocycles. The highest BCUT2D eigenvalue weighted by Crippen LogP contribution is 2.32. The highest BCUT2D eigenvalue weighted by atomic mass is 32.2. The van der Waals surface area contributed by atoms with Crippen LogP contribution < -0.4 is 5.32 Å². The standard InChI is InChI=1S/C21H18F3N5O4S/c1-13(30)25-9-8-19-26-27-20(28(19)16-6-3-5-15(11-16)21(22,23)24)34-12-18(31)14-4-2-7-17(10-14)29(32)33/h2-7,10-11H,8-9,12H2,1H3,(H,25,30). The lowest BCUT2D eigenvalue weighted by molar-refractivity contribution is -0.384. The molecule has 0 aliphatic carbocycles. The molecule has 1 amide bonds. The first-order valence-electron chi connectivity index (χ1n) is 9.83. The van der Waals surface area contributed by atoms with Crippen LogP contribution in [0.3, 0.4) is 0 Å². The number of carbonyl (C=O) groups is 2. The number of nitro groups is 1. The van der Waals surface area contributed by atoms with Gasteiger partial charge in [-0.25, -0.2) is 0 Å². The molecule has 34 heavy (non-hydrogen) atoms. The zero-order chi connectivity index (χ0) is 24.9. The number of thioether (sulfide) groups is 1. The lowest BCUT2D eigenvalue weighted by Gasteiger charge is -2.13. The van der Waals surface area contributed by atoms with Crippen molar-refractivity contribution in [1.29, 1.82) is 0 Å². The molecule has 3 aromatic rings. The highest BCUT2D eigenvalue weighted by molar-refractivity contribution is 7.99. The van der Waals surface area contributed by atoms with Crippen molar-refractivity contribution in [3.63, 3.8) is 0 Å². The number of amides is 1. The molecule has 1 heterocycles. The Balaban J connectivity index is 1.89. The Labute approximate surface area is 195 Å². The van der Waals surface area contributed by atoms with Gasteiger partial charge in [-0.1, -0.05) is 30.0 Å². The SMILES string of the molecule is CC(=O)NCCc1nnc(SCC(=O)c2cccc([N+](=O)[O-])c2)n1-c1cccc(C(F)(F)F)c1. The number of non-ortho nitro benzene ring substituents is 1. The fourth-order valence-corrected chi connectivity index (χ4v) is 3.86. The molecule has 0 fully saturated rings. The molecule has 178 valence electrons. The van der Waals surface area contributed by atoms with E-state index in [-0.39, 0.29) is 46.7 Å². The smallest absolute Gasteiger partial charge is 0.356 e. The van der Waals surface area contributed by atoms with E-state index in [1.165, 1.54) is 41.8 Å². The van der Waals surface area contributed by atoms with Gasteiger partial charge in [-0.2, -0.15) is 13.2 Å². The van der Waals surface area contributed by atoms with E-state index < -0.39 is 22.4 Å². The number of ketones is 1. The molecule has 3 rings (SSSR count). The molecule has 13 heteroatoms. The van der Waals surface area contributed by atoms with Crippen molar-refractivity contribution in [2.75, 3.05) is 12.3 Å². The van der Waals surface area contributed by atoms with Crippen LogP contribution >= 0.6 is 11.8 Å². The average Bonchev–Trinajstić information content (AvgIpc) is 3.19. The van der Waals surface area contributed by atoms with Crippen molar-refractivity contribution in [1.82, 2.24) is 20.1 Å². The molecule has 0 radical (unpaired) electrons. The minimum Gasteiger partial charge on any atom is -0.356 e. The Morgan fingerprint density at radius 1 is 1.15 bits per heavy atom. The summed E-state index contributed by atoms with van der Waals surface area (Å²) in [5.74, 6) is -0.586. The zero-order valence-electron chi connectivity index (χ0n) is 17.7. The van der Waals surface area contributed by atoms with Crippen LogP contribution in [0.2, 0.25) is 0 Å². The van der Waals surface area contributed by atoms with Crippen LogP contribution in [0.5, 0.6) is 0 Å². The number of rotatable bonds is 9. The number of halogens is 3. The third kappa shape index (κ3) is 6.19. The van der Waals surface area contributed by atoms with E-state index in [4.69, 9.17) is 0 Å². The van der Waals surface area contributed by atoms with Gasteiger partial charge in [0.05, 0.1) is 16.2 Å². The molecule has 0 atom stereocenters. The number of aromatic nitrogens is 3. The fourth-order valence-electron chi connectivity index (χ4n) is 2.99. The van der Waals surface area contributed by atoms with Gasteiger partial charge >= 0.3 is 6.18 Å². The van der Waals surface area contributed by atoms with Crippen LogP contribution in [0, 0.1) is 10.1 Å². The van der Waals surface area contributed by atoms with Gasteiger partial charge in [0.2, 0.25) is 5.91 Å². The van der Waals surface area contributed by atoms with Gasteiger partial charge in [0.25, 0.3) is 5.69 Å². The van der Waals surface area contributed by atoms with Crippen LogP contribution in [0.25, 0.3) is 5.69 Å². The topological polar surface area (TPSA) is 120 Å². The van der Waals surface area contributed by atoms with Crippen LogP contribution in [0.1, 0.15) is 28.7 Å². The zero-order valence-corrected chi connectivity index (χ0v) is 18.5. The number of Topliss-reactive ketones (excluding diaryl/α,β-unsaturated/α-hetero) is 1. The van der Waals surface area contributed by atoms with Crippen molar-refractivity contribution in [3.8, 4) is 5.69 Å². The van der Waals surface area contributed by atoms with Crippen LogP contribution in [-0.4, -0.2) is 43.7 Å².